The Kier molecular flexibility index (Phi) is 4.58. The highest BCUT2D eigenvalue weighted by Gasteiger charge is 2.09. The molecule has 0 amide bonds. The summed E-state index contributed by atoms with van der Waals surface area (Å²) in [6.07, 6.45) is 0.706. The van der Waals surface area contributed by atoms with Crippen LogP contribution in [0.15, 0.2) is 30.3 Å². The summed E-state index contributed by atoms with van der Waals surface area (Å²) in [7, 11) is 0. The molecular formula is C10H15BO2. The average molecular weight is 178 g/mol. The van der Waals surface area contributed by atoms with Gasteiger partial charge in [-0.05, 0) is 11.9 Å². The van der Waals surface area contributed by atoms with E-state index in [1.165, 1.54) is 5.46 Å². The Balaban J connectivity index is 2.35. The maximum absolute atomic E-state index is 8.57. The van der Waals surface area contributed by atoms with Gasteiger partial charge in [0.2, 0.25) is 0 Å². The fourth-order valence-corrected chi connectivity index (χ4v) is 1.14. The smallest absolute Gasteiger partial charge is 0.323 e. The summed E-state index contributed by atoms with van der Waals surface area (Å²) >= 11 is 0. The Morgan fingerprint density at radius 3 is 2.62 bits per heavy atom. The molecule has 0 saturated heterocycles. The minimum Gasteiger partial charge on any atom is -0.431 e. The van der Waals surface area contributed by atoms with Gasteiger partial charge >= 0.3 is 6.92 Å². The third-order valence-electron chi connectivity index (χ3n) is 1.94. The number of aliphatic hydroxyl groups excluding tert-OH is 1. The molecule has 0 aromatic heterocycles. The van der Waals surface area contributed by atoms with Gasteiger partial charge in [-0.15, -0.1) is 0 Å². The molecule has 2 nitrogen and oxygen atoms in total. The summed E-state index contributed by atoms with van der Waals surface area (Å²) in [6, 6.07) is 10.1. The van der Waals surface area contributed by atoms with E-state index >= 15 is 0 Å². The molecule has 1 rings (SSSR count). The van der Waals surface area contributed by atoms with Crippen molar-refractivity contribution in [3.63, 3.8) is 0 Å². The first-order valence-corrected chi connectivity index (χ1v) is 4.62. The number of hydrogen-bond acceptors (Lipinski definition) is 2. The standard InChI is InChI=1S/C10H15BO2/c1-11(13-9-5-8-12)10-6-3-2-4-7-10/h2-4,6-7,12H,5,8-9H2,1H3. The van der Waals surface area contributed by atoms with Gasteiger partial charge in [-0.3, -0.25) is 0 Å². The van der Waals surface area contributed by atoms with Crippen molar-refractivity contribution >= 4 is 12.4 Å². The summed E-state index contributed by atoms with van der Waals surface area (Å²) in [6.45, 7) is 2.95. The van der Waals surface area contributed by atoms with Crippen molar-refractivity contribution in [3.8, 4) is 0 Å². The highest BCUT2D eigenvalue weighted by molar-refractivity contribution is 6.66. The number of hydrogen-bond donors (Lipinski definition) is 1. The highest BCUT2D eigenvalue weighted by atomic mass is 16.4. The summed E-state index contributed by atoms with van der Waals surface area (Å²) in [5, 5.41) is 8.57. The van der Waals surface area contributed by atoms with Crippen LogP contribution in [-0.2, 0) is 4.65 Å². The summed E-state index contributed by atoms with van der Waals surface area (Å²) < 4.78 is 5.51. The van der Waals surface area contributed by atoms with E-state index in [1.807, 2.05) is 37.2 Å². The van der Waals surface area contributed by atoms with Crippen molar-refractivity contribution in [2.75, 3.05) is 13.2 Å². The second kappa shape index (κ2) is 5.78. The van der Waals surface area contributed by atoms with Crippen molar-refractivity contribution in [2.24, 2.45) is 0 Å². The van der Waals surface area contributed by atoms with E-state index in [0.29, 0.717) is 13.0 Å². The van der Waals surface area contributed by atoms with Gasteiger partial charge in [0, 0.05) is 13.2 Å². The van der Waals surface area contributed by atoms with E-state index in [4.69, 9.17) is 9.76 Å². The van der Waals surface area contributed by atoms with E-state index in [0.717, 1.165) is 0 Å². The van der Waals surface area contributed by atoms with Gasteiger partial charge in [-0.1, -0.05) is 37.2 Å². The van der Waals surface area contributed by atoms with Crippen LogP contribution < -0.4 is 5.46 Å². The molecule has 0 saturated carbocycles. The first-order chi connectivity index (χ1) is 6.34. The molecule has 1 aromatic carbocycles. The van der Waals surface area contributed by atoms with E-state index < -0.39 is 0 Å². The Morgan fingerprint density at radius 2 is 2.00 bits per heavy atom. The zero-order valence-corrected chi connectivity index (χ0v) is 7.94. The van der Waals surface area contributed by atoms with Gasteiger partial charge in [0.1, 0.15) is 0 Å². The summed E-state index contributed by atoms with van der Waals surface area (Å²) in [5.74, 6) is 0. The fourth-order valence-electron chi connectivity index (χ4n) is 1.14. The van der Waals surface area contributed by atoms with Crippen LogP contribution in [0.2, 0.25) is 6.82 Å². The Bertz CT molecular complexity index is 226. The third-order valence-corrected chi connectivity index (χ3v) is 1.94. The Hall–Kier alpha value is -0.795. The molecular weight excluding hydrogens is 163 g/mol. The minimum atomic E-state index is 0.118. The van der Waals surface area contributed by atoms with Crippen LogP contribution in [0.25, 0.3) is 0 Å². The van der Waals surface area contributed by atoms with Crippen molar-refractivity contribution < 1.29 is 9.76 Å². The second-order valence-corrected chi connectivity index (χ2v) is 3.00. The van der Waals surface area contributed by atoms with Crippen LogP contribution in [0.5, 0.6) is 0 Å². The third kappa shape index (κ3) is 3.62. The van der Waals surface area contributed by atoms with Gasteiger partial charge in [-0.25, -0.2) is 0 Å². The van der Waals surface area contributed by atoms with Gasteiger partial charge in [0.25, 0.3) is 0 Å². The monoisotopic (exact) mass is 178 g/mol. The lowest BCUT2D eigenvalue weighted by Gasteiger charge is -2.08. The molecule has 0 unspecified atom stereocenters. The fraction of sp³-hybridized carbons (Fsp3) is 0.400. The number of rotatable bonds is 5. The largest absolute Gasteiger partial charge is 0.431 e. The molecule has 0 radical (unpaired) electrons. The van der Waals surface area contributed by atoms with Gasteiger partial charge in [-0.2, -0.15) is 0 Å². The lowest BCUT2D eigenvalue weighted by Crippen LogP contribution is -2.30. The molecule has 1 aromatic rings. The molecule has 0 bridgehead atoms. The van der Waals surface area contributed by atoms with Crippen LogP contribution >= 0.6 is 0 Å². The molecule has 3 heteroatoms. The zero-order chi connectivity index (χ0) is 9.52. The van der Waals surface area contributed by atoms with Crippen LogP contribution in [0.3, 0.4) is 0 Å². The van der Waals surface area contributed by atoms with Gasteiger partial charge in [0.05, 0.1) is 0 Å². The predicted octanol–water partition coefficient (Wildman–Crippen LogP) is 0.914. The highest BCUT2D eigenvalue weighted by Crippen LogP contribution is 1.91. The summed E-state index contributed by atoms with van der Waals surface area (Å²) in [5.41, 5.74) is 1.18. The van der Waals surface area contributed by atoms with E-state index in [1.54, 1.807) is 0 Å². The van der Waals surface area contributed by atoms with E-state index in [9.17, 15) is 0 Å². The maximum Gasteiger partial charge on any atom is 0.323 e. The van der Waals surface area contributed by atoms with E-state index in [2.05, 4.69) is 0 Å². The number of benzene rings is 1. The van der Waals surface area contributed by atoms with E-state index in [-0.39, 0.29) is 13.5 Å². The molecule has 0 aliphatic carbocycles. The SMILES string of the molecule is CB(OCCCO)c1ccccc1. The van der Waals surface area contributed by atoms with Crippen LogP contribution in [0.4, 0.5) is 0 Å². The molecule has 0 fully saturated rings. The molecule has 0 spiro atoms. The van der Waals surface area contributed by atoms with Crippen LogP contribution in [0.1, 0.15) is 6.42 Å². The molecule has 0 aliphatic rings. The minimum absolute atomic E-state index is 0.118. The van der Waals surface area contributed by atoms with Gasteiger partial charge < -0.3 is 9.76 Å². The normalized spacial score (nSPS) is 10.0. The quantitative estimate of drug-likeness (QED) is 0.536. The predicted molar refractivity (Wildman–Crippen MR) is 55.3 cm³/mol. The lowest BCUT2D eigenvalue weighted by molar-refractivity contribution is 0.237. The molecule has 1 N–H and O–H groups in total. The molecule has 0 heterocycles. The molecule has 70 valence electrons. The molecule has 0 atom stereocenters. The summed E-state index contributed by atoms with van der Waals surface area (Å²) in [4.78, 5) is 0. The van der Waals surface area contributed by atoms with Gasteiger partial charge in [0.15, 0.2) is 0 Å². The Labute approximate surface area is 79.7 Å². The topological polar surface area (TPSA) is 29.5 Å². The first-order valence-electron chi connectivity index (χ1n) is 4.62. The maximum atomic E-state index is 8.57. The van der Waals surface area contributed by atoms with Crippen LogP contribution in [0, 0.1) is 0 Å². The van der Waals surface area contributed by atoms with Crippen LogP contribution in [-0.4, -0.2) is 25.2 Å². The van der Waals surface area contributed by atoms with Crippen molar-refractivity contribution in [1.29, 1.82) is 0 Å². The number of aliphatic hydroxyl groups is 1. The molecule has 13 heavy (non-hydrogen) atoms. The molecule has 0 aliphatic heterocycles. The average Bonchev–Trinajstić information content (AvgIpc) is 2.19. The first kappa shape index (κ1) is 10.3. The zero-order valence-electron chi connectivity index (χ0n) is 7.94. The van der Waals surface area contributed by atoms with Crippen molar-refractivity contribution in [1.82, 2.24) is 0 Å². The second-order valence-electron chi connectivity index (χ2n) is 3.00. The lowest BCUT2D eigenvalue weighted by atomic mass is 9.64. The van der Waals surface area contributed by atoms with Crippen molar-refractivity contribution in [2.45, 2.75) is 13.2 Å². The van der Waals surface area contributed by atoms with Crippen molar-refractivity contribution in [3.05, 3.63) is 30.3 Å². The Morgan fingerprint density at radius 1 is 1.31 bits per heavy atom.